The first-order valence-electron chi connectivity index (χ1n) is 9.75. The molecule has 6 heteroatoms. The number of aromatic nitrogens is 1. The van der Waals surface area contributed by atoms with Crippen molar-refractivity contribution in [1.29, 1.82) is 5.26 Å². The van der Waals surface area contributed by atoms with Gasteiger partial charge in [0.05, 0.1) is 40.9 Å². The number of benzene rings is 2. The molecular formula is C24H20N4O2. The van der Waals surface area contributed by atoms with E-state index in [-0.39, 0.29) is 12.0 Å². The minimum absolute atomic E-state index is 0.0566. The van der Waals surface area contributed by atoms with Gasteiger partial charge in [-0.15, -0.1) is 0 Å². The van der Waals surface area contributed by atoms with Crippen LogP contribution in [0.15, 0.2) is 78.0 Å². The van der Waals surface area contributed by atoms with Crippen LogP contribution in [0.4, 0.5) is 5.69 Å². The quantitative estimate of drug-likeness (QED) is 0.594. The molecule has 3 aromatic rings. The van der Waals surface area contributed by atoms with Crippen LogP contribution in [-0.4, -0.2) is 23.3 Å². The summed E-state index contributed by atoms with van der Waals surface area (Å²) >= 11 is 0. The van der Waals surface area contributed by atoms with Gasteiger partial charge in [-0.2, -0.15) is 10.4 Å². The molecule has 0 spiro atoms. The molecule has 6 nitrogen and oxygen atoms in total. The van der Waals surface area contributed by atoms with Crippen molar-refractivity contribution >= 4 is 17.4 Å². The topological polar surface area (TPSA) is 78.6 Å². The van der Waals surface area contributed by atoms with Gasteiger partial charge in [-0.05, 0) is 61.0 Å². The SMILES string of the molecule is CCOC(=O)c1ccc(C2=NN(c3ccc(C#N)cc3)C(c3ccccn3)C2)cc1. The summed E-state index contributed by atoms with van der Waals surface area (Å²) < 4.78 is 5.05. The van der Waals surface area contributed by atoms with Crippen molar-refractivity contribution in [3.63, 3.8) is 0 Å². The van der Waals surface area contributed by atoms with Crippen LogP contribution in [0.1, 0.15) is 46.6 Å². The molecule has 148 valence electrons. The lowest BCUT2D eigenvalue weighted by Crippen LogP contribution is -2.19. The van der Waals surface area contributed by atoms with Crippen molar-refractivity contribution in [2.75, 3.05) is 11.6 Å². The lowest BCUT2D eigenvalue weighted by Gasteiger charge is -2.23. The van der Waals surface area contributed by atoms with Gasteiger partial charge < -0.3 is 4.74 Å². The van der Waals surface area contributed by atoms with Crippen LogP contribution in [0.5, 0.6) is 0 Å². The highest BCUT2D eigenvalue weighted by Gasteiger charge is 2.30. The fourth-order valence-electron chi connectivity index (χ4n) is 3.43. The Balaban J connectivity index is 1.66. The number of nitrogens with zero attached hydrogens (tertiary/aromatic N) is 4. The Morgan fingerprint density at radius 1 is 1.13 bits per heavy atom. The van der Waals surface area contributed by atoms with Crippen molar-refractivity contribution in [2.45, 2.75) is 19.4 Å². The summed E-state index contributed by atoms with van der Waals surface area (Å²) in [6.45, 7) is 2.13. The Morgan fingerprint density at radius 3 is 2.53 bits per heavy atom. The normalized spacial score (nSPS) is 15.4. The van der Waals surface area contributed by atoms with Gasteiger partial charge in [0.1, 0.15) is 6.04 Å². The maximum Gasteiger partial charge on any atom is 0.338 e. The Bertz CT molecular complexity index is 1100. The van der Waals surface area contributed by atoms with E-state index in [1.54, 1.807) is 37.4 Å². The number of esters is 1. The average Bonchev–Trinajstić information content (AvgIpc) is 3.25. The van der Waals surface area contributed by atoms with Crippen LogP contribution in [0.25, 0.3) is 0 Å². The Labute approximate surface area is 175 Å². The van der Waals surface area contributed by atoms with Gasteiger partial charge in [-0.25, -0.2) is 4.79 Å². The number of hydrazone groups is 1. The van der Waals surface area contributed by atoms with Gasteiger partial charge in [0.2, 0.25) is 0 Å². The third-order valence-corrected chi connectivity index (χ3v) is 4.93. The molecule has 0 radical (unpaired) electrons. The van der Waals surface area contributed by atoms with Gasteiger partial charge in [-0.1, -0.05) is 18.2 Å². The Hall–Kier alpha value is -3.98. The van der Waals surface area contributed by atoms with Crippen LogP contribution in [0.3, 0.4) is 0 Å². The highest BCUT2D eigenvalue weighted by atomic mass is 16.5. The molecule has 1 unspecified atom stereocenters. The molecule has 2 aromatic carbocycles. The summed E-state index contributed by atoms with van der Waals surface area (Å²) in [5, 5.41) is 15.9. The third-order valence-electron chi connectivity index (χ3n) is 4.93. The zero-order chi connectivity index (χ0) is 20.9. The van der Waals surface area contributed by atoms with E-state index in [1.807, 2.05) is 47.5 Å². The van der Waals surface area contributed by atoms with Crippen LogP contribution < -0.4 is 5.01 Å². The smallest absolute Gasteiger partial charge is 0.338 e. The Kier molecular flexibility index (Phi) is 5.53. The van der Waals surface area contributed by atoms with Crippen LogP contribution in [0, 0.1) is 11.3 Å². The van der Waals surface area contributed by atoms with Crippen molar-refractivity contribution in [2.24, 2.45) is 5.10 Å². The second-order valence-electron chi connectivity index (χ2n) is 6.82. The van der Waals surface area contributed by atoms with E-state index in [0.29, 0.717) is 24.2 Å². The van der Waals surface area contributed by atoms with E-state index in [2.05, 4.69) is 11.1 Å². The summed E-state index contributed by atoms with van der Waals surface area (Å²) in [5.41, 5.74) is 4.78. The zero-order valence-electron chi connectivity index (χ0n) is 16.5. The van der Waals surface area contributed by atoms with Gasteiger partial charge in [-0.3, -0.25) is 9.99 Å². The van der Waals surface area contributed by atoms with E-state index >= 15 is 0 Å². The number of ether oxygens (including phenoxy) is 1. The molecule has 0 saturated carbocycles. The summed E-state index contributed by atoms with van der Waals surface area (Å²) in [6.07, 6.45) is 2.45. The number of rotatable bonds is 5. The van der Waals surface area contributed by atoms with Gasteiger partial charge in [0.15, 0.2) is 0 Å². The number of nitriles is 1. The molecule has 0 amide bonds. The van der Waals surface area contributed by atoms with E-state index in [1.165, 1.54) is 0 Å². The molecule has 0 aliphatic carbocycles. The van der Waals surface area contributed by atoms with Crippen molar-refractivity contribution < 1.29 is 9.53 Å². The number of hydrogen-bond donors (Lipinski definition) is 0. The van der Waals surface area contributed by atoms with Crippen LogP contribution in [0.2, 0.25) is 0 Å². The average molecular weight is 396 g/mol. The monoisotopic (exact) mass is 396 g/mol. The van der Waals surface area contributed by atoms with Crippen molar-refractivity contribution in [3.05, 3.63) is 95.3 Å². The second-order valence-corrected chi connectivity index (χ2v) is 6.82. The minimum Gasteiger partial charge on any atom is -0.462 e. The molecular weight excluding hydrogens is 376 g/mol. The maximum atomic E-state index is 11.9. The molecule has 1 aliphatic heterocycles. The predicted octanol–water partition coefficient (Wildman–Crippen LogP) is 4.49. The largest absolute Gasteiger partial charge is 0.462 e. The zero-order valence-corrected chi connectivity index (χ0v) is 16.5. The van der Waals surface area contributed by atoms with Crippen molar-refractivity contribution in [3.8, 4) is 6.07 Å². The first-order valence-corrected chi connectivity index (χ1v) is 9.75. The molecule has 2 heterocycles. The third kappa shape index (κ3) is 3.91. The van der Waals surface area contributed by atoms with Gasteiger partial charge in [0, 0.05) is 12.6 Å². The summed E-state index contributed by atoms with van der Waals surface area (Å²) in [7, 11) is 0. The lowest BCUT2D eigenvalue weighted by molar-refractivity contribution is 0.0526. The van der Waals surface area contributed by atoms with E-state index in [0.717, 1.165) is 22.7 Å². The number of hydrogen-bond acceptors (Lipinski definition) is 6. The number of pyridine rings is 1. The molecule has 4 rings (SSSR count). The molecule has 0 N–H and O–H groups in total. The standard InChI is InChI=1S/C24H20N4O2/c1-2-30-24(29)19-10-8-18(9-11-19)22-15-23(21-5-3-4-14-26-21)28(27-22)20-12-6-17(16-25)7-13-20/h3-14,23H,2,15H2,1H3. The molecule has 30 heavy (non-hydrogen) atoms. The second kappa shape index (κ2) is 8.58. The summed E-state index contributed by atoms with van der Waals surface area (Å²) in [6, 6.07) is 22.6. The van der Waals surface area contributed by atoms with Crippen LogP contribution >= 0.6 is 0 Å². The first kappa shape index (κ1) is 19.3. The predicted molar refractivity (Wildman–Crippen MR) is 114 cm³/mol. The molecule has 1 aromatic heterocycles. The summed E-state index contributed by atoms with van der Waals surface area (Å²) in [4.78, 5) is 16.4. The van der Waals surface area contributed by atoms with Crippen LogP contribution in [-0.2, 0) is 4.74 Å². The fourth-order valence-corrected chi connectivity index (χ4v) is 3.43. The maximum absolute atomic E-state index is 11.9. The molecule has 1 aliphatic rings. The number of anilines is 1. The molecule has 0 saturated heterocycles. The molecule has 1 atom stereocenters. The fraction of sp³-hybridized carbons (Fsp3) is 0.167. The molecule has 0 bridgehead atoms. The summed E-state index contributed by atoms with van der Waals surface area (Å²) in [5.74, 6) is -0.331. The van der Waals surface area contributed by atoms with Gasteiger partial charge >= 0.3 is 5.97 Å². The lowest BCUT2D eigenvalue weighted by atomic mass is 10.0. The van der Waals surface area contributed by atoms with Crippen molar-refractivity contribution in [1.82, 2.24) is 4.98 Å². The Morgan fingerprint density at radius 2 is 1.90 bits per heavy atom. The number of carbonyl (C=O) groups excluding carboxylic acids is 1. The van der Waals surface area contributed by atoms with Gasteiger partial charge in [0.25, 0.3) is 0 Å². The highest BCUT2D eigenvalue weighted by molar-refractivity contribution is 6.04. The van der Waals surface area contributed by atoms with E-state index < -0.39 is 0 Å². The highest BCUT2D eigenvalue weighted by Crippen LogP contribution is 2.35. The molecule has 0 fully saturated rings. The first-order chi connectivity index (χ1) is 14.7. The minimum atomic E-state index is -0.331. The van der Waals surface area contributed by atoms with E-state index in [9.17, 15) is 4.79 Å². The number of carbonyl (C=O) groups is 1. The van der Waals surface area contributed by atoms with E-state index in [4.69, 9.17) is 15.1 Å².